The van der Waals surface area contributed by atoms with Crippen LogP contribution in [0.4, 0.5) is 0 Å². The molecule has 92 heavy (non-hydrogen) atoms. The molecule has 2 aliphatic carbocycles. The molecule has 0 aromatic carbocycles. The van der Waals surface area contributed by atoms with Crippen molar-refractivity contribution < 1.29 is 233 Å². The van der Waals surface area contributed by atoms with Crippen molar-refractivity contribution in [2.75, 3.05) is 128 Å². The minimum Gasteiger partial charge on any atom is -0.302 e. The molecule has 3 aliphatic rings. The number of hydrogen-bond acceptors (Lipinski definition) is 43. The van der Waals surface area contributed by atoms with Crippen LogP contribution in [0.25, 0.3) is 0 Å². The van der Waals surface area contributed by atoms with Gasteiger partial charge in [-0.25, -0.2) is 54.8 Å². The summed E-state index contributed by atoms with van der Waals surface area (Å²) in [6, 6.07) is 0. The Morgan fingerprint density at radius 1 is 0.272 bits per heavy atom. The summed E-state index contributed by atoms with van der Waals surface area (Å²) in [5, 5.41) is 0. The Kier molecular flexibility index (Phi) is 42.1. The van der Waals surface area contributed by atoms with E-state index in [2.05, 4.69) is 64.4 Å². The minimum atomic E-state index is -5.29. The topological polar surface area (TPSA) is 572 Å². The average molecular weight is 1860 g/mol. The number of halogens is 2. The van der Waals surface area contributed by atoms with E-state index in [0.29, 0.717) is 28.4 Å². The zero-order valence-corrected chi connectivity index (χ0v) is 67.3. The summed E-state index contributed by atoms with van der Waals surface area (Å²) in [5.41, 5.74) is 0. The summed E-state index contributed by atoms with van der Waals surface area (Å²) < 4.78 is 311. The maximum absolute atomic E-state index is 13.5. The predicted octanol–water partition coefficient (Wildman–Crippen LogP) is 8.32. The van der Waals surface area contributed by atoms with E-state index in [4.69, 9.17) is 113 Å². The third kappa shape index (κ3) is 27.1. The van der Waals surface area contributed by atoms with Crippen molar-refractivity contribution in [3.63, 3.8) is 0 Å². The van der Waals surface area contributed by atoms with Crippen molar-refractivity contribution >= 4 is 131 Å². The standard InChI is InChI=1S/C18H42O24P6.C12H28O23P6.I2.V/c1-25-43(19,26-2)37-13-14(38-44(20,27-3)28-4)16(40-46(22,31-7)32-8)18(42-48(24,35-11)36-12)17(41-47(23,33-9)34-10)15(13)39-45(21,29-5)30-6;1-23-36(13,14)29-7-8(30-37(15,16)24-2)10(32-39(19,20)26-4)12-11(9(7)31-38(17,18)25-3)33-40(21,27-5)35-41(22,28-6)34-12;1-2;/h13-18H,1-12H3;7-12H,1-6H3,(H,13,14)(H,15,16)(H,17,18)(H,19,20);;. The fourth-order valence-corrected chi connectivity index (χ4v) is 17.7. The van der Waals surface area contributed by atoms with Crippen molar-refractivity contribution in [2.24, 2.45) is 0 Å². The van der Waals surface area contributed by atoms with E-state index in [0.717, 1.165) is 99.5 Å². The first kappa shape index (κ1) is 95.4. The Bertz CT molecular complexity index is 2500. The van der Waals surface area contributed by atoms with Gasteiger partial charge in [-0.15, -0.1) is 0 Å². The molecule has 12 unspecified atom stereocenters. The molecule has 1 heterocycles. The Hall–Kier alpha value is 3.40. The normalized spacial score (nSPS) is 31.0. The molecule has 0 aromatic rings. The number of fused-ring (bicyclic) bond motifs is 1. The first-order chi connectivity index (χ1) is 41.9. The Morgan fingerprint density at radius 2 is 0.413 bits per heavy atom. The van der Waals surface area contributed by atoms with E-state index in [1.54, 1.807) is 0 Å². The molecule has 12 atom stereocenters. The Balaban J connectivity index is 0.00000175. The number of phosphoric acid groups is 12. The molecule has 551 valence electrons. The SMILES string of the molecule is COP(=O)(O)OC1C(OP(=O)(O)OC)C(OP(=O)(O)OC)C2OP(=O)(OC)OP(=O)(OC)OC2C1OP(=O)(O)OC.COP(=O)(OC)OC1C(OP(=O)(OC)OC)C(OP(=O)(OC)OC)C(OP(=O)(OC)OC)C(OP(=O)(OC)OC)C1OP(=O)(OC)OC.II.[V]. The van der Waals surface area contributed by atoms with Crippen LogP contribution in [0, 0.1) is 0 Å². The fourth-order valence-electron chi connectivity index (χ4n) is 6.94. The van der Waals surface area contributed by atoms with Crippen LogP contribution in [0.15, 0.2) is 0 Å². The van der Waals surface area contributed by atoms with Gasteiger partial charge in [0.15, 0.2) is 0 Å². The average Bonchev–Trinajstić information content (AvgIpc) is 1.05. The zero-order chi connectivity index (χ0) is 70.8. The third-order valence-electron chi connectivity index (χ3n) is 11.2. The number of phosphoric ester groups is 12. The molecular weight excluding hydrogens is 1790 g/mol. The summed E-state index contributed by atoms with van der Waals surface area (Å²) in [7, 11) is -45.2. The van der Waals surface area contributed by atoms with Crippen LogP contribution >= 0.6 is 131 Å². The van der Waals surface area contributed by atoms with Crippen molar-refractivity contribution in [3.05, 3.63) is 0 Å². The van der Waals surface area contributed by atoms with Gasteiger partial charge in [0.25, 0.3) is 0 Å². The van der Waals surface area contributed by atoms with Gasteiger partial charge in [0.1, 0.15) is 73.2 Å². The zero-order valence-electron chi connectivity index (χ0n) is 50.8. The van der Waals surface area contributed by atoms with Gasteiger partial charge in [-0.1, -0.05) is 0 Å². The maximum Gasteiger partial charge on any atom is 0.483 e. The van der Waals surface area contributed by atoms with Gasteiger partial charge in [-0.3, -0.25) is 136 Å². The van der Waals surface area contributed by atoms with E-state index in [-0.39, 0.29) is 18.6 Å². The Morgan fingerprint density at radius 3 is 0.543 bits per heavy atom. The molecule has 47 nitrogen and oxygen atoms in total. The maximum atomic E-state index is 13.5. The van der Waals surface area contributed by atoms with Crippen molar-refractivity contribution in [1.29, 1.82) is 0 Å². The van der Waals surface area contributed by atoms with E-state index in [1.165, 1.54) is 0 Å². The molecule has 0 spiro atoms. The van der Waals surface area contributed by atoms with E-state index < -0.39 is 167 Å². The van der Waals surface area contributed by atoms with Gasteiger partial charge in [-0.2, -0.15) is 4.31 Å². The predicted molar refractivity (Wildman–Crippen MR) is 314 cm³/mol. The fraction of sp³-hybridized carbons (Fsp3) is 1.00. The summed E-state index contributed by atoms with van der Waals surface area (Å²) in [6.45, 7) is 0. The van der Waals surface area contributed by atoms with Crippen LogP contribution in [-0.2, 0) is 213 Å². The van der Waals surface area contributed by atoms with Crippen LogP contribution in [0.1, 0.15) is 0 Å². The Labute approximate surface area is 561 Å². The first-order valence-corrected chi connectivity index (χ1v) is 47.1. The van der Waals surface area contributed by atoms with Crippen molar-refractivity contribution in [1.82, 2.24) is 0 Å². The molecule has 0 aromatic heterocycles. The number of hydrogen-bond donors (Lipinski definition) is 4. The minimum absolute atomic E-state index is 0. The molecule has 2 saturated carbocycles. The molecule has 4 N–H and O–H groups in total. The van der Waals surface area contributed by atoms with Crippen LogP contribution < -0.4 is 0 Å². The van der Waals surface area contributed by atoms with E-state index in [9.17, 15) is 74.4 Å². The second-order valence-corrected chi connectivity index (χ2v) is 36.3. The first-order valence-electron chi connectivity index (χ1n) is 23.2. The molecule has 3 rings (SSSR count). The van der Waals surface area contributed by atoms with Crippen LogP contribution in [0.3, 0.4) is 0 Å². The molecule has 0 bridgehead atoms. The summed E-state index contributed by atoms with van der Waals surface area (Å²) in [5.74, 6) is 0. The van der Waals surface area contributed by atoms with Gasteiger partial charge in [0, 0.05) is 184 Å². The quantitative estimate of drug-likeness (QED) is 0.0333. The van der Waals surface area contributed by atoms with Crippen molar-refractivity contribution in [3.8, 4) is 0 Å². The summed E-state index contributed by atoms with van der Waals surface area (Å²) in [4.78, 5) is 40.3. The molecular formula is C30H70I2O47P12V. The van der Waals surface area contributed by atoms with Crippen LogP contribution in [0.5, 0.6) is 0 Å². The second kappa shape index (κ2) is 40.6. The largest absolute Gasteiger partial charge is 0.483 e. The van der Waals surface area contributed by atoms with E-state index in [1.807, 2.05) is 0 Å². The molecule has 1 aliphatic heterocycles. The summed E-state index contributed by atoms with van der Waals surface area (Å²) >= 11 is 4.24. The van der Waals surface area contributed by atoms with Gasteiger partial charge in [0.2, 0.25) is 0 Å². The molecule has 1 radical (unpaired) electrons. The molecule has 1 saturated heterocycles. The number of rotatable bonds is 38. The molecule has 62 heteroatoms. The third-order valence-corrected chi connectivity index (χ3v) is 26.9. The monoisotopic (exact) mass is 1860 g/mol. The second-order valence-electron chi connectivity index (χ2n) is 15.7. The van der Waals surface area contributed by atoms with Crippen LogP contribution in [-0.4, -0.2) is 221 Å². The molecule has 0 amide bonds. The smallest absolute Gasteiger partial charge is 0.302 e. The van der Waals surface area contributed by atoms with Crippen molar-refractivity contribution in [2.45, 2.75) is 73.2 Å². The van der Waals surface area contributed by atoms with E-state index >= 15 is 0 Å². The molecule has 3 fully saturated rings. The summed E-state index contributed by atoms with van der Waals surface area (Å²) in [6.07, 6.45) is -28.2. The van der Waals surface area contributed by atoms with Gasteiger partial charge < -0.3 is 19.6 Å². The van der Waals surface area contributed by atoms with Gasteiger partial charge in [0.05, 0.1) is 0 Å². The van der Waals surface area contributed by atoms with Gasteiger partial charge >= 0.3 is 93.9 Å². The van der Waals surface area contributed by atoms with Crippen LogP contribution in [0.2, 0.25) is 0 Å². The van der Waals surface area contributed by atoms with Gasteiger partial charge in [-0.05, 0) is 0 Å².